The average Bonchev–Trinajstić information content (AvgIpc) is 2.49. The molecule has 0 aromatic rings. The molecular weight excluding hydrogens is 254 g/mol. The Bertz CT molecular complexity index is 331. The van der Waals surface area contributed by atoms with Gasteiger partial charge in [-0.2, -0.15) is 5.26 Å². The second-order valence-electron chi connectivity index (χ2n) is 5.99. The lowest BCUT2D eigenvalue weighted by molar-refractivity contribution is -0.146. The fraction of sp³-hybridized carbons (Fsp3) is 0.812. The Morgan fingerprint density at radius 1 is 0.900 bits per heavy atom. The first-order chi connectivity index (χ1) is 9.63. The molecular formula is C16H25NO3. The monoisotopic (exact) mass is 279 g/mol. The molecule has 4 heteroatoms. The van der Waals surface area contributed by atoms with Gasteiger partial charge in [-0.1, -0.05) is 64.2 Å². The molecule has 2 fully saturated rings. The lowest BCUT2D eigenvalue weighted by Crippen LogP contribution is -2.14. The first-order valence-corrected chi connectivity index (χ1v) is 7.80. The minimum absolute atomic E-state index is 0.926. The van der Waals surface area contributed by atoms with E-state index in [0.29, 0.717) is 0 Å². The van der Waals surface area contributed by atoms with Gasteiger partial charge in [0.05, 0.1) is 0 Å². The summed E-state index contributed by atoms with van der Waals surface area (Å²) in [4.78, 5) is 18.9. The molecule has 0 bridgehead atoms. The van der Waals surface area contributed by atoms with Crippen molar-refractivity contribution in [2.24, 2.45) is 11.8 Å². The molecule has 112 valence electrons. The number of nitriles is 1. The first-order valence-electron chi connectivity index (χ1n) is 7.80. The molecule has 0 aliphatic heterocycles. The molecule has 20 heavy (non-hydrogen) atoms. The molecule has 2 rings (SSSR count). The number of carboxylic acid groups (broad SMARTS) is 1. The number of carbonyl (C=O) groups excluding carboxylic acids is 1. The van der Waals surface area contributed by atoms with E-state index in [0.717, 1.165) is 17.9 Å². The molecule has 0 aromatic carbocycles. The minimum atomic E-state index is -1.71. The average molecular weight is 279 g/mol. The Morgan fingerprint density at radius 3 is 1.55 bits per heavy atom. The zero-order chi connectivity index (χ0) is 14.8. The molecule has 1 N–H and O–H groups in total. The summed E-state index contributed by atoms with van der Waals surface area (Å²) in [6.45, 7) is 0. The van der Waals surface area contributed by atoms with E-state index >= 15 is 0 Å². The van der Waals surface area contributed by atoms with Crippen molar-refractivity contribution in [3.05, 3.63) is 0 Å². The van der Waals surface area contributed by atoms with Crippen molar-refractivity contribution < 1.29 is 14.7 Å². The van der Waals surface area contributed by atoms with E-state index in [1.165, 1.54) is 38.5 Å². The Labute approximate surface area is 121 Å². The Balaban J connectivity index is 0.000000246. The summed E-state index contributed by atoms with van der Waals surface area (Å²) in [6, 6.07) is 0.926. The number of hydrogen-bond acceptors (Lipinski definition) is 3. The summed E-state index contributed by atoms with van der Waals surface area (Å²) in [7, 11) is 0. The largest absolute Gasteiger partial charge is 0.475 e. The number of Topliss-reactive ketones (excluding diaryl/α,β-unsaturated/α-hetero) is 1. The molecule has 0 spiro atoms. The minimum Gasteiger partial charge on any atom is -0.475 e. The van der Waals surface area contributed by atoms with Crippen molar-refractivity contribution in [1.29, 1.82) is 5.26 Å². The highest BCUT2D eigenvalue weighted by Gasteiger charge is 2.20. The number of rotatable bonds is 3. The van der Waals surface area contributed by atoms with Gasteiger partial charge in [-0.15, -0.1) is 0 Å². The molecule has 4 nitrogen and oxygen atoms in total. The fourth-order valence-electron chi connectivity index (χ4n) is 3.36. The van der Waals surface area contributed by atoms with E-state index in [1.807, 2.05) is 0 Å². The number of ketones is 1. The number of nitrogens with zero attached hydrogens (tertiary/aromatic N) is 1. The molecule has 0 saturated heterocycles. The van der Waals surface area contributed by atoms with E-state index in [4.69, 9.17) is 10.4 Å². The molecule has 0 heterocycles. The smallest absolute Gasteiger partial charge is 0.387 e. The Hall–Kier alpha value is -1.37. The van der Waals surface area contributed by atoms with Crippen molar-refractivity contribution in [3.8, 4) is 6.07 Å². The van der Waals surface area contributed by atoms with E-state index in [-0.39, 0.29) is 0 Å². The van der Waals surface area contributed by atoms with Crippen LogP contribution in [0.1, 0.15) is 70.6 Å². The van der Waals surface area contributed by atoms with Gasteiger partial charge in [-0.25, -0.2) is 4.79 Å². The summed E-state index contributed by atoms with van der Waals surface area (Å²) in [5, 5.41) is 15.1. The molecule has 2 saturated carbocycles. The molecule has 2 aliphatic carbocycles. The van der Waals surface area contributed by atoms with Gasteiger partial charge < -0.3 is 5.11 Å². The number of hydrogen-bond donors (Lipinski definition) is 1. The van der Waals surface area contributed by atoms with Crippen LogP contribution in [-0.4, -0.2) is 16.9 Å². The van der Waals surface area contributed by atoms with Gasteiger partial charge >= 0.3 is 11.8 Å². The van der Waals surface area contributed by atoms with Crippen LogP contribution < -0.4 is 0 Å². The van der Waals surface area contributed by atoms with Crippen LogP contribution in [-0.2, 0) is 9.59 Å². The predicted octanol–water partition coefficient (Wildman–Crippen LogP) is 3.70. The predicted molar refractivity (Wildman–Crippen MR) is 76.0 cm³/mol. The summed E-state index contributed by atoms with van der Waals surface area (Å²) in [5.74, 6) is -0.892. The highest BCUT2D eigenvalue weighted by Crippen LogP contribution is 2.34. The molecule has 0 atom stereocenters. The van der Waals surface area contributed by atoms with E-state index in [9.17, 15) is 9.59 Å². The zero-order valence-corrected chi connectivity index (χ0v) is 12.1. The van der Waals surface area contributed by atoms with Gasteiger partial charge in [0, 0.05) is 0 Å². The zero-order valence-electron chi connectivity index (χ0n) is 12.1. The third kappa shape index (κ3) is 6.70. The van der Waals surface area contributed by atoms with Crippen LogP contribution >= 0.6 is 0 Å². The van der Waals surface area contributed by atoms with Crippen LogP contribution in [0.25, 0.3) is 0 Å². The molecule has 0 radical (unpaired) electrons. The van der Waals surface area contributed by atoms with Crippen LogP contribution in [0.5, 0.6) is 0 Å². The van der Waals surface area contributed by atoms with Crippen LogP contribution in [0, 0.1) is 23.2 Å². The van der Waals surface area contributed by atoms with Gasteiger partial charge in [0.2, 0.25) is 0 Å². The summed E-state index contributed by atoms with van der Waals surface area (Å²) >= 11 is 0. The topological polar surface area (TPSA) is 78.2 Å². The van der Waals surface area contributed by atoms with Crippen molar-refractivity contribution in [1.82, 2.24) is 0 Å². The quantitative estimate of drug-likeness (QED) is 0.631. The Morgan fingerprint density at radius 2 is 1.30 bits per heavy atom. The maximum atomic E-state index is 9.55. The second-order valence-corrected chi connectivity index (χ2v) is 5.99. The fourth-order valence-corrected chi connectivity index (χ4v) is 3.36. The van der Waals surface area contributed by atoms with Gasteiger partial charge in [0.15, 0.2) is 6.07 Å². The number of aliphatic carboxylic acids is 1. The standard InChI is InChI=1S/C13H24.C3HNO3/c1-3-7-12(8-4-1)11-13-9-5-2-6-10-13;4-1-2(5)3(6)7/h12-13H,1-11H2;(H,6,7). The van der Waals surface area contributed by atoms with Crippen molar-refractivity contribution in [2.75, 3.05) is 0 Å². The Kier molecular flexibility index (Phi) is 7.94. The first kappa shape index (κ1) is 16.7. The number of carboxylic acids is 1. The maximum Gasteiger partial charge on any atom is 0.387 e. The van der Waals surface area contributed by atoms with Crippen molar-refractivity contribution in [2.45, 2.75) is 70.6 Å². The molecule has 2 aliphatic rings. The number of carbonyl (C=O) groups is 2. The van der Waals surface area contributed by atoms with E-state index < -0.39 is 11.8 Å². The van der Waals surface area contributed by atoms with Crippen LogP contribution in [0.15, 0.2) is 0 Å². The molecule has 0 amide bonds. The van der Waals surface area contributed by atoms with Gasteiger partial charge in [0.1, 0.15) is 0 Å². The van der Waals surface area contributed by atoms with Crippen LogP contribution in [0.4, 0.5) is 0 Å². The third-order valence-corrected chi connectivity index (χ3v) is 4.41. The van der Waals surface area contributed by atoms with Gasteiger partial charge in [-0.05, 0) is 18.3 Å². The molecule has 0 unspecified atom stereocenters. The summed E-state index contributed by atoms with van der Waals surface area (Å²) < 4.78 is 0. The molecule has 0 aromatic heterocycles. The SMILES string of the molecule is C1CCC(CC2CCCCC2)CC1.N#CC(=O)C(=O)O. The highest BCUT2D eigenvalue weighted by molar-refractivity contribution is 6.39. The summed E-state index contributed by atoms with van der Waals surface area (Å²) in [5.41, 5.74) is 0. The maximum absolute atomic E-state index is 9.55. The normalized spacial score (nSPS) is 20.4. The van der Waals surface area contributed by atoms with Crippen molar-refractivity contribution >= 4 is 11.8 Å². The highest BCUT2D eigenvalue weighted by atomic mass is 16.4. The van der Waals surface area contributed by atoms with Crippen molar-refractivity contribution in [3.63, 3.8) is 0 Å². The summed E-state index contributed by atoms with van der Waals surface area (Å²) in [6.07, 6.45) is 16.9. The van der Waals surface area contributed by atoms with Crippen LogP contribution in [0.3, 0.4) is 0 Å². The lowest BCUT2D eigenvalue weighted by Gasteiger charge is -2.28. The van der Waals surface area contributed by atoms with E-state index in [1.54, 1.807) is 32.1 Å². The van der Waals surface area contributed by atoms with Gasteiger partial charge in [0.25, 0.3) is 0 Å². The second kappa shape index (κ2) is 9.52. The van der Waals surface area contributed by atoms with E-state index in [2.05, 4.69) is 0 Å². The lowest BCUT2D eigenvalue weighted by atomic mass is 9.78. The van der Waals surface area contributed by atoms with Gasteiger partial charge in [-0.3, -0.25) is 4.79 Å². The third-order valence-electron chi connectivity index (χ3n) is 4.41. The van der Waals surface area contributed by atoms with Crippen LogP contribution in [0.2, 0.25) is 0 Å².